The van der Waals surface area contributed by atoms with Crippen molar-refractivity contribution in [3.8, 4) is 11.5 Å². The summed E-state index contributed by atoms with van der Waals surface area (Å²) in [4.78, 5) is 12.3. The minimum Gasteiger partial charge on any atom is -0.454 e. The van der Waals surface area contributed by atoms with Gasteiger partial charge in [-0.3, -0.25) is 4.79 Å². The summed E-state index contributed by atoms with van der Waals surface area (Å²) in [5.74, 6) is 0.578. The van der Waals surface area contributed by atoms with Gasteiger partial charge in [0.15, 0.2) is 11.5 Å². The van der Waals surface area contributed by atoms with Crippen molar-refractivity contribution >= 4 is 39.3 Å². The molecule has 0 aliphatic carbocycles. The maximum atomic E-state index is 12.4. The van der Waals surface area contributed by atoms with Crippen molar-refractivity contribution in [2.75, 3.05) is 12.1 Å². The molecule has 1 aliphatic rings. The first-order valence-electron chi connectivity index (χ1n) is 8.76. The van der Waals surface area contributed by atoms with E-state index in [1.165, 1.54) is 18.2 Å². The Hall–Kier alpha value is -2.55. The number of sulfonamides is 1. The van der Waals surface area contributed by atoms with E-state index in [0.29, 0.717) is 27.8 Å². The van der Waals surface area contributed by atoms with E-state index in [4.69, 9.17) is 21.1 Å². The van der Waals surface area contributed by atoms with Gasteiger partial charge in [0.1, 0.15) is 0 Å². The fourth-order valence-electron chi connectivity index (χ4n) is 2.64. The van der Waals surface area contributed by atoms with Gasteiger partial charge in [-0.15, -0.1) is 0 Å². The predicted molar refractivity (Wildman–Crippen MR) is 112 cm³/mol. The molecule has 0 fully saturated rings. The van der Waals surface area contributed by atoms with Crippen molar-refractivity contribution in [3.05, 3.63) is 53.1 Å². The second-order valence-corrected chi connectivity index (χ2v) is 9.53. The van der Waals surface area contributed by atoms with Crippen molar-refractivity contribution < 1.29 is 22.7 Å². The smallest absolute Gasteiger partial charge is 0.248 e. The highest BCUT2D eigenvalue weighted by Crippen LogP contribution is 2.40. The van der Waals surface area contributed by atoms with Crippen LogP contribution in [-0.4, -0.2) is 26.7 Å². The Labute approximate surface area is 174 Å². The molecule has 0 atom stereocenters. The lowest BCUT2D eigenvalue weighted by Gasteiger charge is -2.20. The molecule has 29 heavy (non-hydrogen) atoms. The fraction of sp³-hybridized carbons (Fsp3) is 0.250. The quantitative estimate of drug-likeness (QED) is 0.695. The number of nitrogens with one attached hydrogen (secondary N) is 2. The fourth-order valence-corrected chi connectivity index (χ4v) is 4.38. The van der Waals surface area contributed by atoms with Gasteiger partial charge in [0.2, 0.25) is 22.7 Å². The number of hydrogen-bond acceptors (Lipinski definition) is 5. The summed E-state index contributed by atoms with van der Waals surface area (Å²) < 4.78 is 38.0. The van der Waals surface area contributed by atoms with Crippen LogP contribution in [0.4, 0.5) is 5.69 Å². The Bertz CT molecular complexity index is 1070. The molecular weight excluding hydrogens is 416 g/mol. The lowest BCUT2D eigenvalue weighted by molar-refractivity contribution is -0.111. The predicted octanol–water partition coefficient (Wildman–Crippen LogP) is 3.80. The molecular formula is C20H21ClN2O5S. The number of anilines is 1. The van der Waals surface area contributed by atoms with E-state index in [1.54, 1.807) is 51.1 Å². The van der Waals surface area contributed by atoms with Crippen LogP contribution in [0.25, 0.3) is 6.08 Å². The highest BCUT2D eigenvalue weighted by Gasteiger charge is 2.22. The first-order chi connectivity index (χ1) is 13.5. The maximum Gasteiger partial charge on any atom is 0.248 e. The van der Waals surface area contributed by atoms with Gasteiger partial charge in [-0.05, 0) is 62.7 Å². The largest absolute Gasteiger partial charge is 0.454 e. The first-order valence-corrected chi connectivity index (χ1v) is 10.6. The summed E-state index contributed by atoms with van der Waals surface area (Å²) in [5, 5.41) is 3.04. The molecule has 0 saturated heterocycles. The number of hydrogen-bond donors (Lipinski definition) is 2. The van der Waals surface area contributed by atoms with Gasteiger partial charge in [0.25, 0.3) is 0 Å². The van der Waals surface area contributed by atoms with Crippen LogP contribution < -0.4 is 19.5 Å². The van der Waals surface area contributed by atoms with E-state index in [1.807, 2.05) is 0 Å². The third-order valence-corrected chi connectivity index (χ3v) is 5.77. The molecule has 0 saturated carbocycles. The van der Waals surface area contributed by atoms with E-state index in [0.717, 1.165) is 0 Å². The standard InChI is InChI=1S/C20H21ClN2O5S/c1-20(2,3)23-29(25,26)15-6-4-5-14(11-15)22-18(24)8-7-13-9-16(21)19-17(10-13)27-12-28-19/h4-11,23H,12H2,1-3H3,(H,22,24)/b8-7+. The monoisotopic (exact) mass is 436 g/mol. The topological polar surface area (TPSA) is 93.7 Å². The molecule has 154 valence electrons. The molecule has 3 rings (SSSR count). The maximum absolute atomic E-state index is 12.4. The number of ether oxygens (including phenoxy) is 2. The summed E-state index contributed by atoms with van der Waals surface area (Å²) in [6, 6.07) is 9.41. The molecule has 0 spiro atoms. The third-order valence-electron chi connectivity index (χ3n) is 3.73. The summed E-state index contributed by atoms with van der Waals surface area (Å²) >= 11 is 6.12. The van der Waals surface area contributed by atoms with Crippen LogP contribution >= 0.6 is 11.6 Å². The number of carbonyl (C=O) groups is 1. The lowest BCUT2D eigenvalue weighted by atomic mass is 10.1. The van der Waals surface area contributed by atoms with Gasteiger partial charge >= 0.3 is 0 Å². The molecule has 2 N–H and O–H groups in total. The zero-order valence-electron chi connectivity index (χ0n) is 16.2. The van der Waals surface area contributed by atoms with E-state index in [-0.39, 0.29) is 11.7 Å². The molecule has 1 amide bonds. The number of amides is 1. The zero-order chi connectivity index (χ0) is 21.2. The summed E-state index contributed by atoms with van der Waals surface area (Å²) in [6.45, 7) is 5.36. The van der Waals surface area contributed by atoms with Crippen molar-refractivity contribution in [3.63, 3.8) is 0 Å². The molecule has 0 bridgehead atoms. The molecule has 0 radical (unpaired) electrons. The Balaban J connectivity index is 1.72. The Kier molecular flexibility index (Phi) is 5.88. The molecule has 0 unspecified atom stereocenters. The van der Waals surface area contributed by atoms with E-state index >= 15 is 0 Å². The van der Waals surface area contributed by atoms with Crippen LogP contribution in [0.3, 0.4) is 0 Å². The molecule has 1 heterocycles. The number of carbonyl (C=O) groups excluding carboxylic acids is 1. The average molecular weight is 437 g/mol. The van der Waals surface area contributed by atoms with Crippen LogP contribution in [0, 0.1) is 0 Å². The van der Waals surface area contributed by atoms with Gasteiger partial charge in [-0.1, -0.05) is 17.7 Å². The highest BCUT2D eigenvalue weighted by atomic mass is 35.5. The highest BCUT2D eigenvalue weighted by molar-refractivity contribution is 7.89. The van der Waals surface area contributed by atoms with Crippen LogP contribution in [0.15, 0.2) is 47.4 Å². The SMILES string of the molecule is CC(C)(C)NS(=O)(=O)c1cccc(NC(=O)/C=C/c2cc(Cl)c3c(c2)OCO3)c1. The van der Waals surface area contributed by atoms with Crippen molar-refractivity contribution in [1.29, 1.82) is 0 Å². The van der Waals surface area contributed by atoms with E-state index < -0.39 is 21.5 Å². The molecule has 0 aromatic heterocycles. The number of halogens is 1. The van der Waals surface area contributed by atoms with Crippen molar-refractivity contribution in [2.45, 2.75) is 31.2 Å². The molecule has 2 aromatic carbocycles. The van der Waals surface area contributed by atoms with Crippen molar-refractivity contribution in [2.24, 2.45) is 0 Å². The van der Waals surface area contributed by atoms with Crippen LogP contribution in [0.5, 0.6) is 11.5 Å². The van der Waals surface area contributed by atoms with Gasteiger partial charge < -0.3 is 14.8 Å². The summed E-state index contributed by atoms with van der Waals surface area (Å²) in [7, 11) is -3.70. The van der Waals surface area contributed by atoms with E-state index in [9.17, 15) is 13.2 Å². The van der Waals surface area contributed by atoms with Crippen LogP contribution in [0.2, 0.25) is 5.02 Å². The average Bonchev–Trinajstić information content (AvgIpc) is 3.07. The number of rotatable bonds is 5. The Morgan fingerprint density at radius 3 is 2.66 bits per heavy atom. The second kappa shape index (κ2) is 8.06. The minimum atomic E-state index is -3.70. The Morgan fingerprint density at radius 1 is 1.17 bits per heavy atom. The zero-order valence-corrected chi connectivity index (χ0v) is 17.7. The summed E-state index contributed by atoms with van der Waals surface area (Å²) in [5.41, 5.74) is 0.410. The summed E-state index contributed by atoms with van der Waals surface area (Å²) in [6.07, 6.45) is 2.90. The third kappa shape index (κ3) is 5.50. The number of fused-ring (bicyclic) bond motifs is 1. The Morgan fingerprint density at radius 2 is 1.93 bits per heavy atom. The second-order valence-electron chi connectivity index (χ2n) is 7.44. The lowest BCUT2D eigenvalue weighted by Crippen LogP contribution is -2.40. The van der Waals surface area contributed by atoms with Gasteiger partial charge in [0, 0.05) is 17.3 Å². The molecule has 2 aromatic rings. The minimum absolute atomic E-state index is 0.0664. The molecule has 7 nitrogen and oxygen atoms in total. The van der Waals surface area contributed by atoms with E-state index in [2.05, 4.69) is 10.0 Å². The van der Waals surface area contributed by atoms with Gasteiger partial charge in [-0.25, -0.2) is 13.1 Å². The van der Waals surface area contributed by atoms with Gasteiger partial charge in [0.05, 0.1) is 9.92 Å². The first kappa shape index (κ1) is 21.2. The number of benzene rings is 2. The van der Waals surface area contributed by atoms with Crippen LogP contribution in [-0.2, 0) is 14.8 Å². The molecule has 1 aliphatic heterocycles. The normalized spacial score (nSPS) is 13.7. The van der Waals surface area contributed by atoms with Crippen molar-refractivity contribution in [1.82, 2.24) is 4.72 Å². The van der Waals surface area contributed by atoms with Gasteiger partial charge in [-0.2, -0.15) is 0 Å². The van der Waals surface area contributed by atoms with Crippen LogP contribution in [0.1, 0.15) is 26.3 Å². The molecule has 9 heteroatoms.